The van der Waals surface area contributed by atoms with Crippen LogP contribution in [-0.4, -0.2) is 35.0 Å². The molecule has 0 bridgehead atoms. The minimum atomic E-state index is -0.311. The first-order valence-corrected chi connectivity index (χ1v) is 4.82. The van der Waals surface area contributed by atoms with Crippen molar-refractivity contribution in [3.05, 3.63) is 28.4 Å². The van der Waals surface area contributed by atoms with E-state index < -0.39 is 0 Å². The number of hydrogen-bond donors (Lipinski definition) is 3. The van der Waals surface area contributed by atoms with Gasteiger partial charge in [-0.25, -0.2) is 4.98 Å². The zero-order valence-corrected chi connectivity index (χ0v) is 8.12. The van der Waals surface area contributed by atoms with Crippen LogP contribution in [0.2, 0.25) is 0 Å². The van der Waals surface area contributed by atoms with Crippen LogP contribution in [0.25, 0.3) is 0 Å². The van der Waals surface area contributed by atoms with Crippen LogP contribution in [0.3, 0.4) is 0 Å². The number of aromatic amines is 1. The van der Waals surface area contributed by atoms with Gasteiger partial charge in [-0.1, -0.05) is 0 Å². The van der Waals surface area contributed by atoms with Crippen molar-refractivity contribution in [3.63, 3.8) is 0 Å². The van der Waals surface area contributed by atoms with E-state index in [1.54, 1.807) is 0 Å². The number of H-pyrrole nitrogens is 1. The van der Waals surface area contributed by atoms with Gasteiger partial charge in [0.25, 0.3) is 11.5 Å². The summed E-state index contributed by atoms with van der Waals surface area (Å²) < 4.78 is 0. The molecular weight excluding hydrogens is 196 g/mol. The van der Waals surface area contributed by atoms with Gasteiger partial charge < -0.3 is 15.6 Å². The molecular formula is C9H12N4O2. The zero-order chi connectivity index (χ0) is 10.7. The molecule has 1 aromatic heterocycles. The predicted octanol–water partition coefficient (Wildman–Crippen LogP) is -1.14. The molecule has 1 aliphatic rings. The summed E-state index contributed by atoms with van der Waals surface area (Å²) in [6.07, 6.45) is 3.34. The van der Waals surface area contributed by atoms with E-state index in [1.165, 1.54) is 6.20 Å². The van der Waals surface area contributed by atoms with Crippen molar-refractivity contribution in [2.75, 3.05) is 13.1 Å². The lowest BCUT2D eigenvalue weighted by Crippen LogP contribution is -2.36. The molecule has 3 N–H and O–H groups in total. The van der Waals surface area contributed by atoms with Crippen molar-refractivity contribution in [1.82, 2.24) is 20.6 Å². The third-order valence-electron chi connectivity index (χ3n) is 2.30. The van der Waals surface area contributed by atoms with Crippen LogP contribution in [0.5, 0.6) is 0 Å². The highest BCUT2D eigenvalue weighted by Gasteiger charge is 2.17. The summed E-state index contributed by atoms with van der Waals surface area (Å²) in [7, 11) is 0. The Morgan fingerprint density at radius 1 is 1.60 bits per heavy atom. The molecule has 1 aromatic rings. The summed E-state index contributed by atoms with van der Waals surface area (Å²) >= 11 is 0. The lowest BCUT2D eigenvalue weighted by Gasteiger charge is -2.09. The van der Waals surface area contributed by atoms with Crippen LogP contribution in [0, 0.1) is 0 Å². The molecule has 2 heterocycles. The highest BCUT2D eigenvalue weighted by Crippen LogP contribution is 1.98. The smallest absolute Gasteiger partial charge is 0.271 e. The Balaban J connectivity index is 2.01. The van der Waals surface area contributed by atoms with Gasteiger partial charge in [0.1, 0.15) is 5.69 Å². The first-order chi connectivity index (χ1) is 7.25. The van der Waals surface area contributed by atoms with Crippen molar-refractivity contribution in [2.45, 2.75) is 12.5 Å². The third kappa shape index (κ3) is 2.41. The number of carbonyl (C=O) groups is 1. The third-order valence-corrected chi connectivity index (χ3v) is 2.30. The van der Waals surface area contributed by atoms with Crippen LogP contribution >= 0.6 is 0 Å². The van der Waals surface area contributed by atoms with Gasteiger partial charge in [-0.15, -0.1) is 0 Å². The van der Waals surface area contributed by atoms with E-state index >= 15 is 0 Å². The Morgan fingerprint density at radius 3 is 3.07 bits per heavy atom. The molecule has 15 heavy (non-hydrogen) atoms. The molecule has 6 nitrogen and oxygen atoms in total. The molecule has 2 rings (SSSR count). The van der Waals surface area contributed by atoms with Gasteiger partial charge in [-0.3, -0.25) is 9.59 Å². The van der Waals surface area contributed by atoms with Gasteiger partial charge in [0.15, 0.2) is 0 Å². The molecule has 0 unspecified atom stereocenters. The Hall–Kier alpha value is -1.69. The second kappa shape index (κ2) is 4.22. The predicted molar refractivity (Wildman–Crippen MR) is 53.6 cm³/mol. The Labute approximate surface area is 86.1 Å². The molecule has 0 aliphatic carbocycles. The number of nitrogens with zero attached hydrogens (tertiary/aromatic N) is 1. The molecule has 1 aliphatic heterocycles. The number of hydrogen-bond acceptors (Lipinski definition) is 4. The lowest BCUT2D eigenvalue weighted by atomic mass is 10.2. The minimum absolute atomic E-state index is 0.159. The quantitative estimate of drug-likeness (QED) is 0.573. The number of amides is 1. The molecule has 1 saturated heterocycles. The monoisotopic (exact) mass is 208 g/mol. The van der Waals surface area contributed by atoms with Gasteiger partial charge in [-0.05, 0) is 13.0 Å². The molecule has 0 radical (unpaired) electrons. The van der Waals surface area contributed by atoms with Crippen molar-refractivity contribution >= 4 is 5.91 Å². The molecule has 0 spiro atoms. The summed E-state index contributed by atoms with van der Waals surface area (Å²) in [6.45, 7) is 1.71. The minimum Gasteiger partial charge on any atom is -0.347 e. The summed E-state index contributed by atoms with van der Waals surface area (Å²) in [5, 5.41) is 5.97. The number of aromatic nitrogens is 2. The van der Waals surface area contributed by atoms with Crippen LogP contribution in [-0.2, 0) is 0 Å². The fourth-order valence-corrected chi connectivity index (χ4v) is 1.50. The van der Waals surface area contributed by atoms with Crippen molar-refractivity contribution in [1.29, 1.82) is 0 Å². The zero-order valence-electron chi connectivity index (χ0n) is 8.12. The Bertz CT molecular complexity index is 388. The normalized spacial score (nSPS) is 20.1. The fourth-order valence-electron chi connectivity index (χ4n) is 1.50. The topological polar surface area (TPSA) is 86.9 Å². The first kappa shape index (κ1) is 9.85. The average Bonchev–Trinajstić information content (AvgIpc) is 2.71. The maximum atomic E-state index is 11.6. The van der Waals surface area contributed by atoms with Crippen LogP contribution in [0.4, 0.5) is 0 Å². The highest BCUT2D eigenvalue weighted by molar-refractivity contribution is 5.92. The fraction of sp³-hybridized carbons (Fsp3) is 0.444. The summed E-state index contributed by atoms with van der Waals surface area (Å²) in [4.78, 5) is 28.5. The van der Waals surface area contributed by atoms with Gasteiger partial charge >= 0.3 is 0 Å². The van der Waals surface area contributed by atoms with E-state index in [1.807, 2.05) is 0 Å². The molecule has 6 heteroatoms. The number of carbonyl (C=O) groups excluding carboxylic acids is 1. The summed E-state index contributed by atoms with van der Waals surface area (Å²) in [5.74, 6) is -0.250. The van der Waals surface area contributed by atoms with E-state index in [2.05, 4.69) is 20.6 Å². The van der Waals surface area contributed by atoms with Crippen molar-refractivity contribution in [2.24, 2.45) is 0 Å². The van der Waals surface area contributed by atoms with E-state index in [0.717, 1.165) is 25.7 Å². The average molecular weight is 208 g/mol. The summed E-state index contributed by atoms with van der Waals surface area (Å²) in [6, 6.07) is 0.159. The van der Waals surface area contributed by atoms with E-state index in [9.17, 15) is 9.59 Å². The molecule has 1 atom stereocenters. The number of nitrogens with one attached hydrogen (secondary N) is 3. The maximum absolute atomic E-state index is 11.6. The van der Waals surface area contributed by atoms with Crippen LogP contribution in [0.15, 0.2) is 17.2 Å². The second-order valence-corrected chi connectivity index (χ2v) is 3.46. The van der Waals surface area contributed by atoms with Crippen LogP contribution < -0.4 is 16.2 Å². The second-order valence-electron chi connectivity index (χ2n) is 3.46. The van der Waals surface area contributed by atoms with Gasteiger partial charge in [0.2, 0.25) is 0 Å². The van der Waals surface area contributed by atoms with Crippen molar-refractivity contribution in [3.8, 4) is 0 Å². The van der Waals surface area contributed by atoms with Gasteiger partial charge in [-0.2, -0.15) is 0 Å². The SMILES string of the molecule is O=C(N[C@H]1CCNC1)c1c[nH]c(=O)cn1. The first-order valence-electron chi connectivity index (χ1n) is 4.82. The highest BCUT2D eigenvalue weighted by atomic mass is 16.2. The van der Waals surface area contributed by atoms with Crippen LogP contribution in [0.1, 0.15) is 16.9 Å². The van der Waals surface area contributed by atoms with Gasteiger partial charge in [0, 0.05) is 18.8 Å². The number of rotatable bonds is 2. The van der Waals surface area contributed by atoms with Gasteiger partial charge in [0.05, 0.1) is 6.20 Å². The molecule has 80 valence electrons. The molecule has 1 amide bonds. The Morgan fingerprint density at radius 2 is 2.47 bits per heavy atom. The van der Waals surface area contributed by atoms with E-state index in [-0.39, 0.29) is 23.2 Å². The maximum Gasteiger partial charge on any atom is 0.271 e. The Kier molecular flexibility index (Phi) is 2.77. The molecule has 0 aromatic carbocycles. The lowest BCUT2D eigenvalue weighted by molar-refractivity contribution is 0.0934. The molecule has 1 fully saturated rings. The standard InChI is InChI=1S/C9H12N4O2/c14-8-5-11-7(4-12-8)9(15)13-6-1-2-10-3-6/h4-6,10H,1-3H2,(H,12,14)(H,13,15)/t6-/m0/s1. The molecule has 0 saturated carbocycles. The van der Waals surface area contributed by atoms with Crippen molar-refractivity contribution < 1.29 is 4.79 Å². The largest absolute Gasteiger partial charge is 0.347 e. The summed E-state index contributed by atoms with van der Waals surface area (Å²) in [5.41, 5.74) is -0.0735. The van der Waals surface area contributed by atoms with E-state index in [4.69, 9.17) is 0 Å². The van der Waals surface area contributed by atoms with E-state index in [0.29, 0.717) is 0 Å².